The van der Waals surface area contributed by atoms with E-state index in [2.05, 4.69) is 52.3 Å². The quantitative estimate of drug-likeness (QED) is 0.913. The van der Waals surface area contributed by atoms with Gasteiger partial charge in [0, 0.05) is 21.0 Å². The van der Waals surface area contributed by atoms with Gasteiger partial charge >= 0.3 is 0 Å². The van der Waals surface area contributed by atoms with E-state index in [0.717, 1.165) is 28.0 Å². The molecule has 0 bridgehead atoms. The second-order valence-corrected chi connectivity index (χ2v) is 6.91. The van der Waals surface area contributed by atoms with E-state index in [1.54, 1.807) is 11.3 Å². The Balaban J connectivity index is 2.08. The zero-order valence-corrected chi connectivity index (χ0v) is 13.0. The van der Waals surface area contributed by atoms with Gasteiger partial charge in [0.1, 0.15) is 5.01 Å². The van der Waals surface area contributed by atoms with Crippen molar-refractivity contribution in [2.75, 3.05) is 0 Å². The summed E-state index contributed by atoms with van der Waals surface area (Å²) in [5.41, 5.74) is 8.17. The zero-order valence-electron chi connectivity index (χ0n) is 10.6. The molecule has 4 heteroatoms. The van der Waals surface area contributed by atoms with Gasteiger partial charge in [0.2, 0.25) is 0 Å². The largest absolute Gasteiger partial charge is 0.326 e. The van der Waals surface area contributed by atoms with Crippen LogP contribution in [0.4, 0.5) is 0 Å². The summed E-state index contributed by atoms with van der Waals surface area (Å²) in [5.74, 6) is 0. The standard InChI is InChI=1S/C14H17BrN2S/c1-14(2,16)8-7-12-9-18-13(17-12)10-3-5-11(15)6-4-10/h3-6,9H,7-8,16H2,1-2H3. The van der Waals surface area contributed by atoms with Crippen molar-refractivity contribution in [3.63, 3.8) is 0 Å². The summed E-state index contributed by atoms with van der Waals surface area (Å²) in [6.45, 7) is 4.10. The van der Waals surface area contributed by atoms with Crippen molar-refractivity contribution in [1.82, 2.24) is 4.98 Å². The van der Waals surface area contributed by atoms with E-state index in [0.29, 0.717) is 0 Å². The first-order valence-corrected chi connectivity index (χ1v) is 7.60. The normalized spacial score (nSPS) is 11.8. The highest BCUT2D eigenvalue weighted by molar-refractivity contribution is 9.10. The van der Waals surface area contributed by atoms with Crippen LogP contribution in [0.25, 0.3) is 10.6 Å². The maximum absolute atomic E-state index is 5.99. The van der Waals surface area contributed by atoms with Crippen LogP contribution in [-0.2, 0) is 6.42 Å². The van der Waals surface area contributed by atoms with Gasteiger partial charge in [-0.3, -0.25) is 0 Å². The second-order valence-electron chi connectivity index (χ2n) is 5.14. The fourth-order valence-corrected chi connectivity index (χ4v) is 2.72. The number of benzene rings is 1. The van der Waals surface area contributed by atoms with Gasteiger partial charge in [-0.05, 0) is 38.8 Å². The molecule has 0 unspecified atom stereocenters. The van der Waals surface area contributed by atoms with Crippen LogP contribution in [-0.4, -0.2) is 10.5 Å². The van der Waals surface area contributed by atoms with Gasteiger partial charge in [-0.15, -0.1) is 11.3 Å². The lowest BCUT2D eigenvalue weighted by molar-refractivity contribution is 0.475. The van der Waals surface area contributed by atoms with E-state index in [1.165, 1.54) is 5.56 Å². The molecule has 2 nitrogen and oxygen atoms in total. The van der Waals surface area contributed by atoms with Crippen molar-refractivity contribution in [1.29, 1.82) is 0 Å². The first-order valence-electron chi connectivity index (χ1n) is 5.93. The minimum Gasteiger partial charge on any atom is -0.326 e. The van der Waals surface area contributed by atoms with Crippen LogP contribution in [0.5, 0.6) is 0 Å². The Morgan fingerprint density at radius 2 is 1.94 bits per heavy atom. The van der Waals surface area contributed by atoms with E-state index >= 15 is 0 Å². The summed E-state index contributed by atoms with van der Waals surface area (Å²) in [4.78, 5) is 4.66. The highest BCUT2D eigenvalue weighted by Crippen LogP contribution is 2.26. The number of hydrogen-bond acceptors (Lipinski definition) is 3. The Morgan fingerprint density at radius 1 is 1.28 bits per heavy atom. The molecule has 1 aromatic heterocycles. The number of aromatic nitrogens is 1. The minimum absolute atomic E-state index is 0.124. The molecule has 2 aromatic rings. The molecule has 0 saturated heterocycles. The molecular weight excluding hydrogens is 308 g/mol. The van der Waals surface area contributed by atoms with Crippen molar-refractivity contribution < 1.29 is 0 Å². The van der Waals surface area contributed by atoms with Gasteiger partial charge in [-0.25, -0.2) is 4.98 Å². The molecule has 0 spiro atoms. The Hall–Kier alpha value is -0.710. The summed E-state index contributed by atoms with van der Waals surface area (Å²) in [6.07, 6.45) is 1.90. The van der Waals surface area contributed by atoms with Crippen LogP contribution < -0.4 is 5.73 Å². The van der Waals surface area contributed by atoms with Crippen LogP contribution in [0.15, 0.2) is 34.1 Å². The molecule has 0 aliphatic carbocycles. The summed E-state index contributed by atoms with van der Waals surface area (Å²) in [5, 5.41) is 3.20. The number of aryl methyl sites for hydroxylation is 1. The molecule has 0 aliphatic heterocycles. The van der Waals surface area contributed by atoms with Gasteiger partial charge in [0.15, 0.2) is 0 Å². The van der Waals surface area contributed by atoms with Crippen molar-refractivity contribution in [2.24, 2.45) is 5.73 Å². The minimum atomic E-state index is -0.124. The number of nitrogens with two attached hydrogens (primary N) is 1. The summed E-state index contributed by atoms with van der Waals surface area (Å²) in [7, 11) is 0. The van der Waals surface area contributed by atoms with Crippen LogP contribution in [0, 0.1) is 0 Å². The monoisotopic (exact) mass is 324 g/mol. The molecule has 0 atom stereocenters. The highest BCUT2D eigenvalue weighted by atomic mass is 79.9. The van der Waals surface area contributed by atoms with Gasteiger partial charge in [-0.1, -0.05) is 28.1 Å². The van der Waals surface area contributed by atoms with Crippen molar-refractivity contribution in [3.05, 3.63) is 39.8 Å². The van der Waals surface area contributed by atoms with Crippen molar-refractivity contribution in [3.8, 4) is 10.6 Å². The molecule has 1 aromatic carbocycles. The van der Waals surface area contributed by atoms with Crippen LogP contribution >= 0.6 is 27.3 Å². The Labute approximate surface area is 120 Å². The van der Waals surface area contributed by atoms with Gasteiger partial charge in [0.25, 0.3) is 0 Å². The maximum Gasteiger partial charge on any atom is 0.123 e. The van der Waals surface area contributed by atoms with Gasteiger partial charge in [0.05, 0.1) is 5.69 Å². The first kappa shape index (κ1) is 13.7. The van der Waals surface area contributed by atoms with Crippen molar-refractivity contribution in [2.45, 2.75) is 32.2 Å². The zero-order chi connectivity index (χ0) is 13.2. The average Bonchev–Trinajstić information content (AvgIpc) is 2.75. The highest BCUT2D eigenvalue weighted by Gasteiger charge is 2.12. The summed E-state index contributed by atoms with van der Waals surface area (Å²) < 4.78 is 1.09. The molecule has 2 rings (SSSR count). The third-order valence-electron chi connectivity index (χ3n) is 2.67. The fourth-order valence-electron chi connectivity index (χ4n) is 1.60. The number of halogens is 1. The summed E-state index contributed by atoms with van der Waals surface area (Å²) in [6, 6.07) is 8.25. The molecule has 18 heavy (non-hydrogen) atoms. The van der Waals surface area contributed by atoms with Crippen LogP contribution in [0.3, 0.4) is 0 Å². The topological polar surface area (TPSA) is 38.9 Å². The smallest absolute Gasteiger partial charge is 0.123 e. The Morgan fingerprint density at radius 3 is 2.56 bits per heavy atom. The number of nitrogens with zero attached hydrogens (tertiary/aromatic N) is 1. The molecule has 1 heterocycles. The first-order chi connectivity index (χ1) is 8.44. The third-order valence-corrected chi connectivity index (χ3v) is 4.14. The molecule has 0 aliphatic rings. The summed E-state index contributed by atoms with van der Waals surface area (Å²) >= 11 is 5.13. The van der Waals surface area contributed by atoms with Crippen LogP contribution in [0.2, 0.25) is 0 Å². The maximum atomic E-state index is 5.99. The van der Waals surface area contributed by atoms with E-state index in [9.17, 15) is 0 Å². The van der Waals surface area contributed by atoms with Gasteiger partial charge in [-0.2, -0.15) is 0 Å². The van der Waals surface area contributed by atoms with E-state index < -0.39 is 0 Å². The molecule has 0 fully saturated rings. The molecule has 0 saturated carbocycles. The third kappa shape index (κ3) is 3.90. The Bertz CT molecular complexity index is 511. The SMILES string of the molecule is CC(C)(N)CCc1csc(-c2ccc(Br)cc2)n1. The molecular formula is C14H17BrN2S. The molecule has 2 N–H and O–H groups in total. The van der Waals surface area contributed by atoms with E-state index in [-0.39, 0.29) is 5.54 Å². The molecule has 0 amide bonds. The molecule has 96 valence electrons. The lowest BCUT2D eigenvalue weighted by Crippen LogP contribution is -2.32. The Kier molecular flexibility index (Phi) is 4.20. The number of hydrogen-bond donors (Lipinski definition) is 1. The lowest BCUT2D eigenvalue weighted by atomic mass is 9.99. The van der Waals surface area contributed by atoms with E-state index in [1.807, 2.05) is 12.1 Å². The van der Waals surface area contributed by atoms with Crippen LogP contribution in [0.1, 0.15) is 26.0 Å². The average molecular weight is 325 g/mol. The number of thiazole rings is 1. The van der Waals surface area contributed by atoms with Crippen molar-refractivity contribution >= 4 is 27.3 Å². The predicted molar refractivity (Wildman–Crippen MR) is 81.8 cm³/mol. The molecule has 0 radical (unpaired) electrons. The lowest BCUT2D eigenvalue weighted by Gasteiger charge is -2.16. The van der Waals surface area contributed by atoms with Gasteiger partial charge < -0.3 is 5.73 Å². The second kappa shape index (κ2) is 5.51. The van der Waals surface area contributed by atoms with E-state index in [4.69, 9.17) is 5.73 Å². The fraction of sp³-hybridized carbons (Fsp3) is 0.357. The number of rotatable bonds is 4. The predicted octanol–water partition coefficient (Wildman–Crippen LogP) is 4.24.